The quantitative estimate of drug-likeness (QED) is 0.520. The summed E-state index contributed by atoms with van der Waals surface area (Å²) in [6.45, 7) is 11.0. The minimum absolute atomic E-state index is 0.0347. The first kappa shape index (κ1) is 27.9. The molecule has 0 radical (unpaired) electrons. The highest BCUT2D eigenvalue weighted by atomic mass is 35.5. The highest BCUT2D eigenvalue weighted by molar-refractivity contribution is 6.30. The first-order chi connectivity index (χ1) is 17.1. The number of likely N-dealkylation sites (N-methyl/N-ethyl adjacent to an activating group) is 1. The maximum atomic E-state index is 14.2. The first-order valence-corrected chi connectivity index (χ1v) is 13.0. The van der Waals surface area contributed by atoms with Gasteiger partial charge >= 0.3 is 0 Å². The minimum Gasteiger partial charge on any atom is -0.368 e. The van der Waals surface area contributed by atoms with Crippen LogP contribution in [0.2, 0.25) is 5.02 Å². The topological polar surface area (TPSA) is 64.7 Å². The summed E-state index contributed by atoms with van der Waals surface area (Å²) in [5.74, 6) is -0.490. The van der Waals surface area contributed by atoms with Crippen molar-refractivity contribution in [3.05, 3.63) is 63.9 Å². The van der Waals surface area contributed by atoms with Crippen molar-refractivity contribution in [2.45, 2.75) is 40.2 Å². The number of rotatable bonds is 9. The van der Waals surface area contributed by atoms with Crippen LogP contribution in [-0.2, 0) is 16.0 Å². The van der Waals surface area contributed by atoms with Gasteiger partial charge in [0.25, 0.3) is 0 Å². The number of nitrogens with one attached hydrogen (secondary N) is 2. The van der Waals surface area contributed by atoms with Crippen LogP contribution >= 0.6 is 11.6 Å². The summed E-state index contributed by atoms with van der Waals surface area (Å²) in [7, 11) is 1.76. The van der Waals surface area contributed by atoms with Crippen molar-refractivity contribution in [1.82, 2.24) is 15.5 Å². The number of carbonyl (C=O) groups is 2. The van der Waals surface area contributed by atoms with E-state index < -0.39 is 0 Å². The maximum Gasteiger partial charge on any atom is 0.234 e. The van der Waals surface area contributed by atoms with Crippen LogP contribution in [-0.4, -0.2) is 56.5 Å². The third kappa shape index (κ3) is 6.98. The van der Waals surface area contributed by atoms with E-state index in [0.29, 0.717) is 43.2 Å². The Labute approximate surface area is 219 Å². The molecule has 0 unspecified atom stereocenters. The van der Waals surface area contributed by atoms with Gasteiger partial charge in [0.2, 0.25) is 11.8 Å². The van der Waals surface area contributed by atoms with Gasteiger partial charge in [-0.1, -0.05) is 56.1 Å². The van der Waals surface area contributed by atoms with Crippen LogP contribution in [0.1, 0.15) is 43.5 Å². The average molecular weight is 517 g/mol. The van der Waals surface area contributed by atoms with E-state index in [1.165, 1.54) is 6.07 Å². The van der Waals surface area contributed by atoms with Crippen LogP contribution in [0.4, 0.5) is 10.1 Å². The van der Waals surface area contributed by atoms with Gasteiger partial charge in [0.05, 0.1) is 12.6 Å². The van der Waals surface area contributed by atoms with Crippen molar-refractivity contribution in [1.29, 1.82) is 0 Å². The lowest BCUT2D eigenvalue weighted by atomic mass is 9.92. The van der Waals surface area contributed by atoms with E-state index in [9.17, 15) is 14.0 Å². The van der Waals surface area contributed by atoms with Gasteiger partial charge in [0.1, 0.15) is 5.82 Å². The number of piperazine rings is 1. The van der Waals surface area contributed by atoms with Crippen LogP contribution in [0.25, 0.3) is 0 Å². The molecule has 0 spiro atoms. The van der Waals surface area contributed by atoms with Gasteiger partial charge in [-0.3, -0.25) is 9.59 Å². The van der Waals surface area contributed by atoms with E-state index in [4.69, 9.17) is 11.6 Å². The molecule has 0 saturated carbocycles. The van der Waals surface area contributed by atoms with Gasteiger partial charge < -0.3 is 20.4 Å². The molecule has 2 atom stereocenters. The van der Waals surface area contributed by atoms with Crippen molar-refractivity contribution < 1.29 is 14.0 Å². The smallest absolute Gasteiger partial charge is 0.234 e. The molecule has 6 nitrogen and oxygen atoms in total. The lowest BCUT2D eigenvalue weighted by Crippen LogP contribution is -2.50. The van der Waals surface area contributed by atoms with Crippen molar-refractivity contribution >= 4 is 29.1 Å². The molecule has 0 aliphatic carbocycles. The maximum absolute atomic E-state index is 14.2. The molecule has 0 aromatic heterocycles. The predicted octanol–water partition coefficient (Wildman–Crippen LogP) is 4.35. The molecule has 2 aromatic carbocycles. The number of hydrogen-bond acceptors (Lipinski definition) is 4. The molecule has 1 heterocycles. The third-order valence-corrected chi connectivity index (χ3v) is 6.97. The summed E-state index contributed by atoms with van der Waals surface area (Å²) in [4.78, 5) is 29.7. The van der Waals surface area contributed by atoms with E-state index in [-0.39, 0.29) is 42.1 Å². The Morgan fingerprint density at radius 3 is 2.36 bits per heavy atom. The van der Waals surface area contributed by atoms with E-state index in [0.717, 1.165) is 16.8 Å². The lowest BCUT2D eigenvalue weighted by molar-refractivity contribution is -0.135. The molecule has 1 aliphatic heterocycles. The molecule has 0 bridgehead atoms. The monoisotopic (exact) mass is 516 g/mol. The molecule has 1 fully saturated rings. The molecule has 1 saturated heterocycles. The molecule has 196 valence electrons. The second-order valence-electron chi connectivity index (χ2n) is 10.0. The fourth-order valence-electron chi connectivity index (χ4n) is 4.78. The van der Waals surface area contributed by atoms with Crippen molar-refractivity contribution in [2.75, 3.05) is 44.7 Å². The van der Waals surface area contributed by atoms with E-state index in [2.05, 4.69) is 54.5 Å². The highest BCUT2D eigenvalue weighted by Crippen LogP contribution is 2.33. The third-order valence-electron chi connectivity index (χ3n) is 6.73. The molecular weight excluding hydrogens is 479 g/mol. The minimum atomic E-state index is -0.375. The van der Waals surface area contributed by atoms with Crippen LogP contribution in [0, 0.1) is 24.6 Å². The summed E-state index contributed by atoms with van der Waals surface area (Å²) >= 11 is 5.85. The molecule has 8 heteroatoms. The van der Waals surface area contributed by atoms with Crippen molar-refractivity contribution in [2.24, 2.45) is 11.8 Å². The summed E-state index contributed by atoms with van der Waals surface area (Å²) in [6, 6.07) is 10.8. The number of nitrogens with zero attached hydrogens (tertiary/aromatic N) is 2. The zero-order chi connectivity index (χ0) is 26.4. The largest absolute Gasteiger partial charge is 0.368 e. The average Bonchev–Trinajstić information content (AvgIpc) is 2.84. The van der Waals surface area contributed by atoms with Gasteiger partial charge in [-0.2, -0.15) is 0 Å². The number of amides is 2. The molecule has 2 N–H and O–H groups in total. The highest BCUT2D eigenvalue weighted by Gasteiger charge is 2.29. The van der Waals surface area contributed by atoms with Gasteiger partial charge in [0.15, 0.2) is 0 Å². The van der Waals surface area contributed by atoms with Crippen molar-refractivity contribution in [3.63, 3.8) is 0 Å². The normalized spacial score (nSPS) is 15.7. The number of carbonyl (C=O) groups excluding carboxylic acids is 2. The van der Waals surface area contributed by atoms with E-state index >= 15 is 0 Å². The Kier molecular flexibility index (Phi) is 9.74. The van der Waals surface area contributed by atoms with Gasteiger partial charge in [0, 0.05) is 42.8 Å². The molecule has 2 aromatic rings. The second-order valence-corrected chi connectivity index (χ2v) is 10.5. The molecular formula is C28H38ClFN4O2. The lowest BCUT2D eigenvalue weighted by Gasteiger charge is -2.39. The summed E-state index contributed by atoms with van der Waals surface area (Å²) < 4.78 is 14.2. The summed E-state index contributed by atoms with van der Waals surface area (Å²) in [5, 5.41) is 6.44. The first-order valence-electron chi connectivity index (χ1n) is 12.6. The Morgan fingerprint density at radius 1 is 1.06 bits per heavy atom. The van der Waals surface area contributed by atoms with Gasteiger partial charge in [-0.15, -0.1) is 0 Å². The van der Waals surface area contributed by atoms with Gasteiger partial charge in [-0.25, -0.2) is 4.39 Å². The fraction of sp³-hybridized carbons (Fsp3) is 0.500. The predicted molar refractivity (Wildman–Crippen MR) is 144 cm³/mol. The summed E-state index contributed by atoms with van der Waals surface area (Å²) in [5.41, 5.74) is 3.83. The van der Waals surface area contributed by atoms with Crippen LogP contribution in [0.5, 0.6) is 0 Å². The number of anilines is 1. The van der Waals surface area contributed by atoms with Crippen LogP contribution in [0.15, 0.2) is 36.4 Å². The molecule has 3 rings (SSSR count). The fourth-order valence-corrected chi connectivity index (χ4v) is 4.94. The molecule has 2 amide bonds. The molecule has 1 aliphatic rings. The molecule has 36 heavy (non-hydrogen) atoms. The van der Waals surface area contributed by atoms with Crippen molar-refractivity contribution in [3.8, 4) is 0 Å². The number of aryl methyl sites for hydroxylation is 1. The Hall–Kier alpha value is -2.64. The van der Waals surface area contributed by atoms with E-state index in [1.54, 1.807) is 19.2 Å². The number of halogens is 2. The zero-order valence-electron chi connectivity index (χ0n) is 21.9. The van der Waals surface area contributed by atoms with Crippen LogP contribution in [0.3, 0.4) is 0 Å². The number of benzene rings is 2. The van der Waals surface area contributed by atoms with Gasteiger partial charge in [-0.05, 0) is 55.6 Å². The Bertz CT molecular complexity index is 1070. The summed E-state index contributed by atoms with van der Waals surface area (Å²) in [6.07, 6.45) is 0.340. The standard InChI is InChI=1S/C28H38ClFN4O2/c1-18(2)27(32-26(35)17-31-5)23-14-19(3)6-9-25(23)33-10-12-34(13-11-33)28(36)20(4)15-21-7-8-22(29)16-24(21)30/h6-9,14,16,18,20,27,31H,10-13,15,17H2,1-5H3,(H,32,35)/t20-,27+/m1/s1. The Morgan fingerprint density at radius 2 is 1.75 bits per heavy atom. The van der Waals surface area contributed by atoms with E-state index in [1.807, 2.05) is 11.8 Å². The Balaban J connectivity index is 1.70. The SMILES string of the molecule is CNCC(=O)N[C@H](c1cc(C)ccc1N1CCN(C(=O)[C@H](C)Cc2ccc(Cl)cc2F)CC1)C(C)C. The number of hydrogen-bond donors (Lipinski definition) is 2. The second kappa shape index (κ2) is 12.5. The zero-order valence-corrected chi connectivity index (χ0v) is 22.7. The van der Waals surface area contributed by atoms with Crippen LogP contribution < -0.4 is 15.5 Å².